The number of aliphatic hydroxyl groups excluding tert-OH is 2. The number of carbonyl (C=O) groups is 4. The number of unbranched alkanes of at least 4 members (excludes halogenated alkanes) is 1. The van der Waals surface area contributed by atoms with Gasteiger partial charge in [0, 0.05) is 24.7 Å². The van der Waals surface area contributed by atoms with Crippen molar-refractivity contribution < 1.29 is 29.4 Å². The zero-order chi connectivity index (χ0) is 42.5. The molecule has 2 N–H and O–H groups in total. The summed E-state index contributed by atoms with van der Waals surface area (Å²) in [4.78, 5) is 42.9. The molecule has 0 radical (unpaired) electrons. The highest BCUT2D eigenvalue weighted by atomic mass is 16.3. The summed E-state index contributed by atoms with van der Waals surface area (Å²) in [6.45, 7) is 15.4. The molecule has 0 saturated heterocycles. The van der Waals surface area contributed by atoms with Crippen LogP contribution in [-0.2, 0) is 19.2 Å². The summed E-state index contributed by atoms with van der Waals surface area (Å²) in [5, 5.41) is 20.0. The first kappa shape index (κ1) is 51.7. The van der Waals surface area contributed by atoms with E-state index in [1.54, 1.807) is 25.2 Å². The van der Waals surface area contributed by atoms with E-state index < -0.39 is 12.2 Å². The molecule has 0 aliphatic carbocycles. The Labute approximate surface area is 343 Å². The molecule has 57 heavy (non-hydrogen) atoms. The molecule has 0 bridgehead atoms. The Morgan fingerprint density at radius 1 is 0.526 bits per heavy atom. The number of benzene rings is 3. The summed E-state index contributed by atoms with van der Waals surface area (Å²) in [6, 6.07) is 30.1. The van der Waals surface area contributed by atoms with Crippen LogP contribution < -0.4 is 0 Å². The maximum absolute atomic E-state index is 11.4. The zero-order valence-corrected chi connectivity index (χ0v) is 34.5. The van der Waals surface area contributed by atoms with Crippen LogP contribution in [0.2, 0.25) is 0 Å². The van der Waals surface area contributed by atoms with Crippen molar-refractivity contribution in [1.29, 1.82) is 0 Å². The summed E-state index contributed by atoms with van der Waals surface area (Å²) < 4.78 is 0. The number of allylic oxidation sites excluding steroid dienone is 6. The van der Waals surface area contributed by atoms with Crippen molar-refractivity contribution in [3.63, 3.8) is 0 Å². The van der Waals surface area contributed by atoms with Crippen LogP contribution in [0.3, 0.4) is 0 Å². The molecule has 0 amide bonds. The van der Waals surface area contributed by atoms with Crippen LogP contribution in [0, 0.1) is 11.8 Å². The van der Waals surface area contributed by atoms with Crippen LogP contribution in [0.15, 0.2) is 147 Å². The topological polar surface area (TPSA) is 109 Å². The van der Waals surface area contributed by atoms with Gasteiger partial charge in [0.15, 0.2) is 0 Å². The molecule has 306 valence electrons. The monoisotopic (exact) mass is 774 g/mol. The number of hydrogen-bond acceptors (Lipinski definition) is 6. The lowest BCUT2D eigenvalue weighted by molar-refractivity contribution is -0.125. The minimum Gasteiger partial charge on any atom is -0.392 e. The van der Waals surface area contributed by atoms with E-state index in [-0.39, 0.29) is 29.2 Å². The summed E-state index contributed by atoms with van der Waals surface area (Å²) >= 11 is 0. The second kappa shape index (κ2) is 35.1. The third-order valence-electron chi connectivity index (χ3n) is 8.55. The van der Waals surface area contributed by atoms with Crippen molar-refractivity contribution in [1.82, 2.24) is 0 Å². The highest BCUT2D eigenvalue weighted by Crippen LogP contribution is 2.17. The molecule has 0 aliphatic heterocycles. The minimum atomic E-state index is -0.587. The lowest BCUT2D eigenvalue weighted by atomic mass is 9.91. The zero-order valence-electron chi connectivity index (χ0n) is 34.5. The maximum atomic E-state index is 11.4. The Balaban J connectivity index is 0.000000777. The fourth-order valence-electron chi connectivity index (χ4n) is 5.30. The van der Waals surface area contributed by atoms with Gasteiger partial charge in [-0.1, -0.05) is 146 Å². The molecule has 0 unspecified atom stereocenters. The van der Waals surface area contributed by atoms with Gasteiger partial charge in [0.05, 0.1) is 12.2 Å². The maximum Gasteiger partial charge on any atom is 0.135 e. The van der Waals surface area contributed by atoms with E-state index in [9.17, 15) is 29.4 Å². The molecule has 0 heterocycles. The Morgan fingerprint density at radius 2 is 0.877 bits per heavy atom. The normalized spacial score (nSPS) is 12.6. The van der Waals surface area contributed by atoms with Gasteiger partial charge >= 0.3 is 0 Å². The molecule has 0 fully saturated rings. The Bertz CT molecular complexity index is 1540. The largest absolute Gasteiger partial charge is 0.392 e. The van der Waals surface area contributed by atoms with E-state index in [1.165, 1.54) is 19.4 Å². The lowest BCUT2D eigenvalue weighted by Crippen LogP contribution is -2.26. The summed E-state index contributed by atoms with van der Waals surface area (Å²) in [7, 11) is 0. The van der Waals surface area contributed by atoms with Crippen molar-refractivity contribution in [2.75, 3.05) is 0 Å². The summed E-state index contributed by atoms with van der Waals surface area (Å²) in [5.74, 6) is -0.343. The molecule has 6 nitrogen and oxygen atoms in total. The average Bonchev–Trinajstić information content (AvgIpc) is 3.21. The standard InChI is InChI=1S/2C17H22O2.C11H12O.C6H10O/c2*1-3-9-16(14(2)18)17(19)13-8-7-12-15-10-5-4-6-11-15;12-10-6-2-5-9-11-7-3-1-4-8-11;1-3-4-5-6(2)7/h2*3-7,10-12,16-17,19H,1,8-9,13H2,2H3;1,3-5,7-10H,2,6H2;3H,1,4-5H2,2H3/b2*12-7-;9-5-;/t2*16-,17-;;/m00../s1. The Kier molecular flexibility index (Phi) is 31.9. The summed E-state index contributed by atoms with van der Waals surface area (Å²) in [5.41, 5.74) is 3.47. The van der Waals surface area contributed by atoms with Crippen LogP contribution in [0.25, 0.3) is 18.2 Å². The number of Topliss-reactive ketones (excluding diaryl/α,β-unsaturated/α-hetero) is 3. The van der Waals surface area contributed by atoms with E-state index in [4.69, 9.17) is 0 Å². The van der Waals surface area contributed by atoms with Gasteiger partial charge in [0.25, 0.3) is 0 Å². The number of aliphatic hydroxyl groups is 2. The fraction of sp³-hybridized carbons (Fsp3) is 0.333. The van der Waals surface area contributed by atoms with Gasteiger partial charge in [0.1, 0.15) is 23.6 Å². The first-order valence-corrected chi connectivity index (χ1v) is 19.8. The number of aldehydes is 1. The SMILES string of the molecule is C=CCCC(C)=O.C=CC[C@@H](C(C)=O)[C@@H](O)CC/C=C\c1ccccc1.C=CC[C@@H](C(C)=O)[C@@H](O)CC/C=C\c1ccccc1.O=CCC/C=C\c1ccccc1. The molecule has 0 aliphatic rings. The van der Waals surface area contributed by atoms with Crippen LogP contribution >= 0.6 is 0 Å². The highest BCUT2D eigenvalue weighted by Gasteiger charge is 2.22. The molecule has 3 aromatic rings. The molecule has 3 rings (SSSR count). The molecular weight excluding hydrogens is 709 g/mol. The van der Waals surface area contributed by atoms with Crippen LogP contribution in [0.1, 0.15) is 102 Å². The Hall–Kier alpha value is -5.30. The molecule has 6 heteroatoms. The van der Waals surface area contributed by atoms with Crippen LogP contribution in [0.4, 0.5) is 0 Å². The second-order valence-electron chi connectivity index (χ2n) is 13.5. The van der Waals surface area contributed by atoms with E-state index in [2.05, 4.69) is 19.7 Å². The van der Waals surface area contributed by atoms with Crippen LogP contribution in [-0.4, -0.2) is 46.1 Å². The van der Waals surface area contributed by atoms with Crippen LogP contribution in [0.5, 0.6) is 0 Å². The predicted molar refractivity (Wildman–Crippen MR) is 240 cm³/mol. The number of ketones is 3. The minimum absolute atomic E-state index is 0.0273. The number of hydrogen-bond donors (Lipinski definition) is 2. The predicted octanol–water partition coefficient (Wildman–Crippen LogP) is 11.5. The van der Waals surface area contributed by atoms with E-state index in [1.807, 2.05) is 127 Å². The third-order valence-corrected chi connectivity index (χ3v) is 8.55. The quantitative estimate of drug-likeness (QED) is 0.0564. The molecule has 4 atom stereocenters. The van der Waals surface area contributed by atoms with Gasteiger partial charge in [-0.05, 0) is 88.8 Å². The van der Waals surface area contributed by atoms with Gasteiger partial charge in [0.2, 0.25) is 0 Å². The van der Waals surface area contributed by atoms with Gasteiger partial charge in [-0.2, -0.15) is 0 Å². The average molecular weight is 775 g/mol. The van der Waals surface area contributed by atoms with Crippen molar-refractivity contribution in [2.45, 2.75) is 97.2 Å². The first-order chi connectivity index (χ1) is 27.5. The van der Waals surface area contributed by atoms with E-state index in [0.29, 0.717) is 38.5 Å². The van der Waals surface area contributed by atoms with Crippen molar-refractivity contribution in [3.05, 3.63) is 164 Å². The first-order valence-electron chi connectivity index (χ1n) is 19.8. The molecule has 0 spiro atoms. The smallest absolute Gasteiger partial charge is 0.135 e. The molecule has 0 aromatic heterocycles. The second-order valence-corrected chi connectivity index (χ2v) is 13.5. The van der Waals surface area contributed by atoms with Gasteiger partial charge < -0.3 is 19.8 Å². The van der Waals surface area contributed by atoms with E-state index in [0.717, 1.165) is 43.1 Å². The fourth-order valence-corrected chi connectivity index (χ4v) is 5.30. The van der Waals surface area contributed by atoms with Crippen molar-refractivity contribution in [2.24, 2.45) is 11.8 Å². The molecular formula is C51H66O6. The van der Waals surface area contributed by atoms with Crippen molar-refractivity contribution in [3.8, 4) is 0 Å². The highest BCUT2D eigenvalue weighted by molar-refractivity contribution is 5.79. The molecule has 0 saturated carbocycles. The molecule has 3 aromatic carbocycles. The van der Waals surface area contributed by atoms with Gasteiger partial charge in [-0.25, -0.2) is 0 Å². The third kappa shape index (κ3) is 28.7. The summed E-state index contributed by atoms with van der Waals surface area (Å²) in [6.07, 6.45) is 23.8. The number of rotatable bonds is 23. The Morgan fingerprint density at radius 3 is 1.14 bits per heavy atom. The van der Waals surface area contributed by atoms with Gasteiger partial charge in [-0.3, -0.25) is 9.59 Å². The van der Waals surface area contributed by atoms with Gasteiger partial charge in [-0.15, -0.1) is 19.7 Å². The lowest BCUT2D eigenvalue weighted by Gasteiger charge is -2.18. The van der Waals surface area contributed by atoms with Crippen molar-refractivity contribution >= 4 is 41.9 Å². The number of carbonyl (C=O) groups excluding carboxylic acids is 4. The van der Waals surface area contributed by atoms with E-state index >= 15 is 0 Å².